The first-order valence-electron chi connectivity index (χ1n) is 7.81. The van der Waals surface area contributed by atoms with E-state index in [0.717, 1.165) is 24.3 Å². The number of benzene rings is 2. The molecule has 0 fully saturated rings. The number of rotatable bonds is 5. The molecule has 3 rings (SSSR count). The van der Waals surface area contributed by atoms with Gasteiger partial charge in [0.15, 0.2) is 6.23 Å². The molecule has 0 aliphatic rings. The quantitative estimate of drug-likeness (QED) is 0.477. The molecule has 0 radical (unpaired) electrons. The van der Waals surface area contributed by atoms with E-state index in [1.807, 2.05) is 0 Å². The number of anilines is 1. The molecule has 8 heteroatoms. The van der Waals surface area contributed by atoms with Crippen molar-refractivity contribution >= 4 is 5.69 Å². The molecule has 4 nitrogen and oxygen atoms in total. The zero-order valence-corrected chi connectivity index (χ0v) is 13.7. The lowest BCUT2D eigenvalue weighted by atomic mass is 10.1. The van der Waals surface area contributed by atoms with Gasteiger partial charge in [0.05, 0.1) is 11.8 Å². The average molecular weight is 378 g/mol. The van der Waals surface area contributed by atoms with Crippen LogP contribution in [0.25, 0.3) is 0 Å². The van der Waals surface area contributed by atoms with Gasteiger partial charge in [-0.1, -0.05) is 12.1 Å². The number of nitrogens with zero attached hydrogens (tertiary/aromatic N) is 1. The Morgan fingerprint density at radius 1 is 1.00 bits per heavy atom. The molecule has 2 aromatic carbocycles. The summed E-state index contributed by atoms with van der Waals surface area (Å²) in [6, 6.07) is 11.1. The molecule has 1 unspecified atom stereocenters. The monoisotopic (exact) mass is 378 g/mol. The summed E-state index contributed by atoms with van der Waals surface area (Å²) in [5.41, 5.74) is -0.665. The molecule has 140 valence electrons. The zero-order chi connectivity index (χ0) is 19.4. The molecule has 0 aliphatic heterocycles. The van der Waals surface area contributed by atoms with Crippen LogP contribution in [0.5, 0.6) is 11.5 Å². The van der Waals surface area contributed by atoms with Gasteiger partial charge in [-0.15, -0.1) is 0 Å². The lowest BCUT2D eigenvalue weighted by molar-refractivity contribution is -0.137. The van der Waals surface area contributed by atoms with Crippen molar-refractivity contribution < 1.29 is 27.4 Å². The second kappa shape index (κ2) is 7.63. The highest BCUT2D eigenvalue weighted by atomic mass is 19.4. The van der Waals surface area contributed by atoms with Crippen LogP contribution in [0.2, 0.25) is 0 Å². The predicted molar refractivity (Wildman–Crippen MR) is 90.7 cm³/mol. The van der Waals surface area contributed by atoms with Crippen LogP contribution in [0.3, 0.4) is 0 Å². The molecular formula is C19H14F4N2O2. The molecule has 0 spiro atoms. The van der Waals surface area contributed by atoms with Gasteiger partial charge < -0.3 is 15.2 Å². The normalized spacial score (nSPS) is 12.5. The van der Waals surface area contributed by atoms with Gasteiger partial charge in [0, 0.05) is 23.5 Å². The van der Waals surface area contributed by atoms with Gasteiger partial charge >= 0.3 is 6.18 Å². The van der Waals surface area contributed by atoms with Crippen LogP contribution in [0.15, 0.2) is 67.0 Å². The number of ether oxygens (including phenoxy) is 1. The van der Waals surface area contributed by atoms with E-state index >= 15 is 0 Å². The van der Waals surface area contributed by atoms with Gasteiger partial charge in [-0.3, -0.25) is 4.98 Å². The molecule has 0 aliphatic carbocycles. The minimum Gasteiger partial charge on any atom is -0.456 e. The van der Waals surface area contributed by atoms with E-state index < -0.39 is 23.8 Å². The van der Waals surface area contributed by atoms with Crippen LogP contribution in [-0.2, 0) is 6.18 Å². The summed E-state index contributed by atoms with van der Waals surface area (Å²) in [6.07, 6.45) is -3.07. The van der Waals surface area contributed by atoms with Crippen molar-refractivity contribution in [2.75, 3.05) is 5.32 Å². The Morgan fingerprint density at radius 3 is 2.37 bits per heavy atom. The van der Waals surface area contributed by atoms with E-state index in [4.69, 9.17) is 4.74 Å². The Hall–Kier alpha value is -3.13. The van der Waals surface area contributed by atoms with Crippen LogP contribution in [0.1, 0.15) is 17.4 Å². The highest BCUT2D eigenvalue weighted by Crippen LogP contribution is 2.36. The summed E-state index contributed by atoms with van der Waals surface area (Å²) >= 11 is 0. The number of hydrogen-bond acceptors (Lipinski definition) is 4. The van der Waals surface area contributed by atoms with Crippen molar-refractivity contribution in [2.45, 2.75) is 12.4 Å². The Balaban J connectivity index is 1.89. The number of alkyl halides is 3. The van der Waals surface area contributed by atoms with E-state index in [-0.39, 0.29) is 17.2 Å². The maximum absolute atomic E-state index is 13.2. The van der Waals surface area contributed by atoms with Crippen molar-refractivity contribution in [1.29, 1.82) is 0 Å². The van der Waals surface area contributed by atoms with Gasteiger partial charge in [-0.05, 0) is 36.4 Å². The number of pyridine rings is 1. The standard InChI is InChI=1S/C19H14F4N2O2/c20-14-5-3-12(4-6-14)18(26)25-15-8-13(19(21,22)23)9-17(10-15)27-16-2-1-7-24-11-16/h1-11,18,25-26H. The summed E-state index contributed by atoms with van der Waals surface area (Å²) in [6.45, 7) is 0. The first-order chi connectivity index (χ1) is 12.8. The third kappa shape index (κ3) is 4.95. The Kier molecular flexibility index (Phi) is 5.27. The van der Waals surface area contributed by atoms with Crippen LogP contribution in [0.4, 0.5) is 23.2 Å². The van der Waals surface area contributed by atoms with Crippen molar-refractivity contribution in [1.82, 2.24) is 4.98 Å². The summed E-state index contributed by atoms with van der Waals surface area (Å²) in [4.78, 5) is 3.84. The third-order valence-electron chi connectivity index (χ3n) is 3.59. The smallest absolute Gasteiger partial charge is 0.416 e. The Bertz CT molecular complexity index is 900. The van der Waals surface area contributed by atoms with E-state index in [1.54, 1.807) is 12.1 Å². The summed E-state index contributed by atoms with van der Waals surface area (Å²) in [7, 11) is 0. The van der Waals surface area contributed by atoms with E-state index in [1.165, 1.54) is 30.6 Å². The molecule has 0 saturated heterocycles. The number of aliphatic hydroxyl groups is 1. The Labute approximate surface area is 152 Å². The van der Waals surface area contributed by atoms with Crippen LogP contribution < -0.4 is 10.1 Å². The largest absolute Gasteiger partial charge is 0.456 e. The lowest BCUT2D eigenvalue weighted by Crippen LogP contribution is -2.11. The fourth-order valence-corrected chi connectivity index (χ4v) is 2.33. The molecule has 0 bridgehead atoms. The van der Waals surface area contributed by atoms with Crippen LogP contribution in [-0.4, -0.2) is 10.1 Å². The number of nitrogens with one attached hydrogen (secondary N) is 1. The molecule has 2 N–H and O–H groups in total. The molecule has 1 atom stereocenters. The zero-order valence-electron chi connectivity index (χ0n) is 13.7. The number of aromatic nitrogens is 1. The molecule has 1 aromatic heterocycles. The maximum Gasteiger partial charge on any atom is 0.416 e. The third-order valence-corrected chi connectivity index (χ3v) is 3.59. The molecule has 1 heterocycles. The fourth-order valence-electron chi connectivity index (χ4n) is 2.33. The second-order valence-electron chi connectivity index (χ2n) is 5.63. The van der Waals surface area contributed by atoms with E-state index in [9.17, 15) is 22.7 Å². The SMILES string of the molecule is OC(Nc1cc(Oc2cccnc2)cc(C(F)(F)F)c1)c1ccc(F)cc1. The van der Waals surface area contributed by atoms with Gasteiger partial charge in [0.1, 0.15) is 17.3 Å². The number of aliphatic hydroxyl groups excluding tert-OH is 1. The molecule has 3 aromatic rings. The summed E-state index contributed by atoms with van der Waals surface area (Å²) in [5, 5.41) is 12.7. The first kappa shape index (κ1) is 18.7. The van der Waals surface area contributed by atoms with Crippen molar-refractivity contribution in [3.8, 4) is 11.5 Å². The van der Waals surface area contributed by atoms with E-state index in [0.29, 0.717) is 5.56 Å². The predicted octanol–water partition coefficient (Wildman–Crippen LogP) is 5.13. The minimum absolute atomic E-state index is 0.0134. The van der Waals surface area contributed by atoms with E-state index in [2.05, 4.69) is 10.3 Å². The van der Waals surface area contributed by atoms with Crippen LogP contribution in [0, 0.1) is 5.82 Å². The molecule has 0 amide bonds. The van der Waals surface area contributed by atoms with Crippen molar-refractivity contribution in [3.05, 3.63) is 83.9 Å². The van der Waals surface area contributed by atoms with Gasteiger partial charge in [-0.2, -0.15) is 13.2 Å². The topological polar surface area (TPSA) is 54.4 Å². The second-order valence-corrected chi connectivity index (χ2v) is 5.63. The average Bonchev–Trinajstić information content (AvgIpc) is 2.62. The fraction of sp³-hybridized carbons (Fsp3) is 0.105. The minimum atomic E-state index is -4.61. The van der Waals surface area contributed by atoms with Crippen molar-refractivity contribution in [3.63, 3.8) is 0 Å². The van der Waals surface area contributed by atoms with Gasteiger partial charge in [0.25, 0.3) is 0 Å². The van der Waals surface area contributed by atoms with Gasteiger partial charge in [0.2, 0.25) is 0 Å². The highest BCUT2D eigenvalue weighted by molar-refractivity contribution is 5.53. The summed E-state index contributed by atoms with van der Waals surface area (Å²) in [5.74, 6) is -0.300. The Morgan fingerprint density at radius 2 is 1.74 bits per heavy atom. The van der Waals surface area contributed by atoms with Gasteiger partial charge in [-0.25, -0.2) is 4.39 Å². The number of halogens is 4. The first-order valence-corrected chi connectivity index (χ1v) is 7.81. The maximum atomic E-state index is 13.2. The summed E-state index contributed by atoms with van der Waals surface area (Å²) < 4.78 is 58.0. The molecular weight excluding hydrogens is 364 g/mol. The van der Waals surface area contributed by atoms with Crippen LogP contribution >= 0.6 is 0 Å². The lowest BCUT2D eigenvalue weighted by Gasteiger charge is -2.18. The molecule has 0 saturated carbocycles. The molecule has 27 heavy (non-hydrogen) atoms. The number of hydrogen-bond donors (Lipinski definition) is 2. The van der Waals surface area contributed by atoms with Crippen molar-refractivity contribution in [2.24, 2.45) is 0 Å². The highest BCUT2D eigenvalue weighted by Gasteiger charge is 2.31.